The molecule has 0 spiro atoms. The number of benzene rings is 1. The molecule has 0 amide bonds. The zero-order valence-electron chi connectivity index (χ0n) is 11.2. The Balaban J connectivity index is 1.66. The number of rotatable bonds is 6. The molecule has 0 bridgehead atoms. The lowest BCUT2D eigenvalue weighted by atomic mass is 10.1. The van der Waals surface area contributed by atoms with Crippen molar-refractivity contribution in [1.29, 1.82) is 0 Å². The summed E-state index contributed by atoms with van der Waals surface area (Å²) in [5, 5.41) is 3.60. The predicted octanol–water partition coefficient (Wildman–Crippen LogP) is 3.59. The van der Waals surface area contributed by atoms with Crippen molar-refractivity contribution in [2.24, 2.45) is 0 Å². The minimum absolute atomic E-state index is 0.432. The van der Waals surface area contributed by atoms with Crippen LogP contribution in [0.1, 0.15) is 37.8 Å². The zero-order valence-corrected chi connectivity index (χ0v) is 12.7. The quantitative estimate of drug-likeness (QED) is 0.808. The standard InChI is InChI=1S/C15H23BrN2/c1-13(14-6-4-7-15(16)12-14)17-8-5-11-18-9-2-3-10-18/h4,6-7,12-13,17H,2-3,5,8-11H2,1H3/t13-/m1/s1. The Bertz CT molecular complexity index is 361. The molecular formula is C15H23BrN2. The highest BCUT2D eigenvalue weighted by molar-refractivity contribution is 9.10. The van der Waals surface area contributed by atoms with E-state index in [2.05, 4.69) is 57.3 Å². The van der Waals surface area contributed by atoms with Crippen LogP contribution in [-0.2, 0) is 0 Å². The number of nitrogens with zero attached hydrogens (tertiary/aromatic N) is 1. The maximum Gasteiger partial charge on any atom is 0.0292 e. The molecule has 1 heterocycles. The van der Waals surface area contributed by atoms with E-state index in [9.17, 15) is 0 Å². The van der Waals surface area contributed by atoms with Gasteiger partial charge in [-0.25, -0.2) is 0 Å². The topological polar surface area (TPSA) is 15.3 Å². The minimum atomic E-state index is 0.432. The van der Waals surface area contributed by atoms with Crippen molar-refractivity contribution in [2.75, 3.05) is 26.2 Å². The van der Waals surface area contributed by atoms with Gasteiger partial charge in [0, 0.05) is 10.5 Å². The summed E-state index contributed by atoms with van der Waals surface area (Å²) in [5.41, 5.74) is 1.35. The summed E-state index contributed by atoms with van der Waals surface area (Å²) in [5.74, 6) is 0. The second-order valence-electron chi connectivity index (χ2n) is 5.13. The first-order chi connectivity index (χ1) is 8.75. The van der Waals surface area contributed by atoms with Gasteiger partial charge in [-0.3, -0.25) is 0 Å². The van der Waals surface area contributed by atoms with Gasteiger partial charge in [0.25, 0.3) is 0 Å². The second kappa shape index (κ2) is 7.27. The van der Waals surface area contributed by atoms with Crippen molar-refractivity contribution in [2.45, 2.75) is 32.2 Å². The molecular weight excluding hydrogens is 288 g/mol. The van der Waals surface area contributed by atoms with E-state index in [-0.39, 0.29) is 0 Å². The van der Waals surface area contributed by atoms with Gasteiger partial charge >= 0.3 is 0 Å². The van der Waals surface area contributed by atoms with Gasteiger partial charge in [-0.1, -0.05) is 28.1 Å². The molecule has 1 saturated heterocycles. The highest BCUT2D eigenvalue weighted by Crippen LogP contribution is 2.17. The number of hydrogen-bond donors (Lipinski definition) is 1. The Morgan fingerprint density at radius 3 is 2.83 bits per heavy atom. The highest BCUT2D eigenvalue weighted by Gasteiger charge is 2.10. The monoisotopic (exact) mass is 310 g/mol. The molecule has 0 unspecified atom stereocenters. The Labute approximate surface area is 119 Å². The van der Waals surface area contributed by atoms with Crippen LogP contribution in [-0.4, -0.2) is 31.1 Å². The van der Waals surface area contributed by atoms with Gasteiger partial charge in [0.2, 0.25) is 0 Å². The van der Waals surface area contributed by atoms with Crippen LogP contribution >= 0.6 is 15.9 Å². The van der Waals surface area contributed by atoms with E-state index in [1.54, 1.807) is 0 Å². The maximum atomic E-state index is 3.60. The summed E-state index contributed by atoms with van der Waals surface area (Å²) in [6, 6.07) is 8.98. The van der Waals surface area contributed by atoms with E-state index in [1.165, 1.54) is 44.5 Å². The molecule has 100 valence electrons. The van der Waals surface area contributed by atoms with Crippen molar-refractivity contribution in [3.63, 3.8) is 0 Å². The van der Waals surface area contributed by atoms with Crippen molar-refractivity contribution >= 4 is 15.9 Å². The van der Waals surface area contributed by atoms with E-state index in [0.29, 0.717) is 6.04 Å². The molecule has 0 saturated carbocycles. The summed E-state index contributed by atoms with van der Waals surface area (Å²) in [7, 11) is 0. The van der Waals surface area contributed by atoms with Gasteiger partial charge < -0.3 is 10.2 Å². The van der Waals surface area contributed by atoms with E-state index < -0.39 is 0 Å². The fraction of sp³-hybridized carbons (Fsp3) is 0.600. The molecule has 2 rings (SSSR count). The fourth-order valence-corrected chi connectivity index (χ4v) is 2.94. The van der Waals surface area contributed by atoms with Crippen LogP contribution in [0.15, 0.2) is 28.7 Å². The van der Waals surface area contributed by atoms with Gasteiger partial charge in [-0.15, -0.1) is 0 Å². The van der Waals surface area contributed by atoms with Crippen LogP contribution in [0.2, 0.25) is 0 Å². The lowest BCUT2D eigenvalue weighted by molar-refractivity contribution is 0.328. The molecule has 2 nitrogen and oxygen atoms in total. The summed E-state index contributed by atoms with van der Waals surface area (Å²) >= 11 is 3.52. The number of halogens is 1. The molecule has 0 radical (unpaired) electrons. The molecule has 1 aromatic rings. The minimum Gasteiger partial charge on any atom is -0.310 e. The Morgan fingerprint density at radius 2 is 2.11 bits per heavy atom. The SMILES string of the molecule is C[C@@H](NCCCN1CCCC1)c1cccc(Br)c1. The molecule has 0 aliphatic carbocycles. The third-order valence-electron chi connectivity index (χ3n) is 3.65. The Morgan fingerprint density at radius 1 is 1.33 bits per heavy atom. The first-order valence-corrected chi connectivity index (χ1v) is 7.76. The number of nitrogens with one attached hydrogen (secondary N) is 1. The molecule has 1 atom stereocenters. The lowest BCUT2D eigenvalue weighted by Crippen LogP contribution is -2.26. The van der Waals surface area contributed by atoms with E-state index in [0.717, 1.165) is 11.0 Å². The first-order valence-electron chi connectivity index (χ1n) is 6.97. The molecule has 1 N–H and O–H groups in total. The Hall–Kier alpha value is -0.380. The van der Waals surface area contributed by atoms with Gasteiger partial charge in [-0.2, -0.15) is 0 Å². The Kier molecular flexibility index (Phi) is 5.67. The van der Waals surface area contributed by atoms with Crippen LogP contribution in [0.3, 0.4) is 0 Å². The first kappa shape index (κ1) is 14.0. The van der Waals surface area contributed by atoms with Gasteiger partial charge in [0.05, 0.1) is 0 Å². The van der Waals surface area contributed by atoms with Crippen LogP contribution in [0.4, 0.5) is 0 Å². The lowest BCUT2D eigenvalue weighted by Gasteiger charge is -2.17. The molecule has 3 heteroatoms. The molecule has 1 aliphatic heterocycles. The zero-order chi connectivity index (χ0) is 12.8. The number of hydrogen-bond acceptors (Lipinski definition) is 2. The van der Waals surface area contributed by atoms with Crippen molar-refractivity contribution in [3.05, 3.63) is 34.3 Å². The molecule has 1 aliphatic rings. The smallest absolute Gasteiger partial charge is 0.0292 e. The van der Waals surface area contributed by atoms with Crippen LogP contribution in [0, 0.1) is 0 Å². The van der Waals surface area contributed by atoms with Crippen LogP contribution in [0.25, 0.3) is 0 Å². The third-order valence-corrected chi connectivity index (χ3v) is 4.14. The average molecular weight is 311 g/mol. The van der Waals surface area contributed by atoms with E-state index in [4.69, 9.17) is 0 Å². The molecule has 18 heavy (non-hydrogen) atoms. The average Bonchev–Trinajstić information content (AvgIpc) is 2.87. The fourth-order valence-electron chi connectivity index (χ4n) is 2.52. The third kappa shape index (κ3) is 4.38. The van der Waals surface area contributed by atoms with Crippen LogP contribution < -0.4 is 5.32 Å². The summed E-state index contributed by atoms with van der Waals surface area (Å²) in [4.78, 5) is 2.57. The largest absolute Gasteiger partial charge is 0.310 e. The highest BCUT2D eigenvalue weighted by atomic mass is 79.9. The summed E-state index contributed by atoms with van der Waals surface area (Å²) in [6.07, 6.45) is 4.03. The van der Waals surface area contributed by atoms with E-state index in [1.807, 2.05) is 0 Å². The summed E-state index contributed by atoms with van der Waals surface area (Å²) in [6.45, 7) is 7.20. The van der Waals surface area contributed by atoms with Gasteiger partial charge in [0.1, 0.15) is 0 Å². The number of likely N-dealkylation sites (tertiary alicyclic amines) is 1. The van der Waals surface area contributed by atoms with Gasteiger partial charge in [0.15, 0.2) is 0 Å². The van der Waals surface area contributed by atoms with E-state index >= 15 is 0 Å². The second-order valence-corrected chi connectivity index (χ2v) is 6.05. The van der Waals surface area contributed by atoms with Crippen molar-refractivity contribution in [3.8, 4) is 0 Å². The maximum absolute atomic E-state index is 3.60. The van der Waals surface area contributed by atoms with Crippen LogP contribution in [0.5, 0.6) is 0 Å². The molecule has 1 fully saturated rings. The van der Waals surface area contributed by atoms with Crippen molar-refractivity contribution in [1.82, 2.24) is 10.2 Å². The normalized spacial score (nSPS) is 18.1. The predicted molar refractivity (Wildman–Crippen MR) is 80.9 cm³/mol. The molecule has 0 aromatic heterocycles. The van der Waals surface area contributed by atoms with Gasteiger partial charge in [-0.05, 0) is 70.1 Å². The van der Waals surface area contributed by atoms with Crippen molar-refractivity contribution < 1.29 is 0 Å². The molecule has 1 aromatic carbocycles. The summed E-state index contributed by atoms with van der Waals surface area (Å²) < 4.78 is 1.16.